The van der Waals surface area contributed by atoms with Crippen LogP contribution in [-0.4, -0.2) is 47.7 Å². The van der Waals surface area contributed by atoms with Crippen LogP contribution < -0.4 is 4.74 Å². The lowest BCUT2D eigenvalue weighted by Gasteiger charge is -2.42. The number of nitrogens with zero attached hydrogens (tertiary/aromatic N) is 2. The van der Waals surface area contributed by atoms with E-state index in [0.717, 1.165) is 51.1 Å². The van der Waals surface area contributed by atoms with Crippen LogP contribution in [0.25, 0.3) is 0 Å². The van der Waals surface area contributed by atoms with E-state index in [1.807, 2.05) is 17.0 Å². The highest BCUT2D eigenvalue weighted by Crippen LogP contribution is 2.42. The molecule has 1 atom stereocenters. The first-order valence-electron chi connectivity index (χ1n) is 9.53. The van der Waals surface area contributed by atoms with Gasteiger partial charge in [0.25, 0.3) is 0 Å². The highest BCUT2D eigenvalue weighted by molar-refractivity contribution is 5.76. The lowest BCUT2D eigenvalue weighted by atomic mass is 9.78. The molecule has 0 bridgehead atoms. The van der Waals surface area contributed by atoms with Crippen LogP contribution in [0.5, 0.6) is 5.75 Å². The molecule has 2 aliphatic rings. The van der Waals surface area contributed by atoms with Crippen LogP contribution >= 0.6 is 0 Å². The van der Waals surface area contributed by atoms with Gasteiger partial charge in [-0.2, -0.15) is 0 Å². The number of amides is 1. The van der Waals surface area contributed by atoms with Gasteiger partial charge in [-0.15, -0.1) is 0 Å². The quantitative estimate of drug-likeness (QED) is 0.793. The van der Waals surface area contributed by atoms with Gasteiger partial charge in [0.1, 0.15) is 5.75 Å². The standard InChI is InChI=1S/C20H30N2O3/c1-16(2)14-19(23)22-10-7-20(8-11-22)17(6-13-25-20)5-12-24-18-4-3-9-21-15-18/h3-4,9,15-17H,5-8,10-14H2,1-2H3. The summed E-state index contributed by atoms with van der Waals surface area (Å²) in [6.45, 7) is 7.37. The molecule has 1 aromatic heterocycles. The van der Waals surface area contributed by atoms with E-state index >= 15 is 0 Å². The number of ether oxygens (including phenoxy) is 2. The number of pyridine rings is 1. The first-order valence-corrected chi connectivity index (χ1v) is 9.53. The number of aromatic nitrogens is 1. The van der Waals surface area contributed by atoms with Gasteiger partial charge in [0, 0.05) is 32.3 Å². The Morgan fingerprint density at radius 1 is 1.44 bits per heavy atom. The maximum absolute atomic E-state index is 12.3. The molecule has 0 aliphatic carbocycles. The Morgan fingerprint density at radius 3 is 2.92 bits per heavy atom. The van der Waals surface area contributed by atoms with Crippen LogP contribution in [0.4, 0.5) is 0 Å². The number of hydrogen-bond donors (Lipinski definition) is 0. The molecule has 2 fully saturated rings. The van der Waals surface area contributed by atoms with E-state index < -0.39 is 0 Å². The molecule has 3 heterocycles. The summed E-state index contributed by atoms with van der Waals surface area (Å²) in [5.41, 5.74) is -0.0487. The summed E-state index contributed by atoms with van der Waals surface area (Å²) in [4.78, 5) is 18.4. The molecule has 0 radical (unpaired) electrons. The second kappa shape index (κ2) is 8.17. The van der Waals surface area contributed by atoms with E-state index in [1.54, 1.807) is 12.4 Å². The van der Waals surface area contributed by atoms with Crippen LogP contribution in [0, 0.1) is 11.8 Å². The van der Waals surface area contributed by atoms with Crippen molar-refractivity contribution >= 4 is 5.91 Å². The molecule has 2 aliphatic heterocycles. The second-order valence-electron chi connectivity index (χ2n) is 7.70. The van der Waals surface area contributed by atoms with E-state index in [2.05, 4.69) is 18.8 Å². The van der Waals surface area contributed by atoms with Crippen LogP contribution in [-0.2, 0) is 9.53 Å². The smallest absolute Gasteiger partial charge is 0.222 e. The van der Waals surface area contributed by atoms with Gasteiger partial charge >= 0.3 is 0 Å². The van der Waals surface area contributed by atoms with Gasteiger partial charge < -0.3 is 14.4 Å². The van der Waals surface area contributed by atoms with Gasteiger partial charge in [-0.3, -0.25) is 9.78 Å². The van der Waals surface area contributed by atoms with Crippen molar-refractivity contribution < 1.29 is 14.3 Å². The summed E-state index contributed by atoms with van der Waals surface area (Å²) in [5.74, 6) is 2.05. The summed E-state index contributed by atoms with van der Waals surface area (Å²) in [5, 5.41) is 0. The van der Waals surface area contributed by atoms with Crippen LogP contribution in [0.15, 0.2) is 24.5 Å². The number of rotatable bonds is 6. The van der Waals surface area contributed by atoms with E-state index in [4.69, 9.17) is 9.47 Å². The fraction of sp³-hybridized carbons (Fsp3) is 0.700. The van der Waals surface area contributed by atoms with E-state index in [9.17, 15) is 4.79 Å². The molecule has 0 aromatic carbocycles. The average molecular weight is 346 g/mol. The predicted molar refractivity (Wildman–Crippen MR) is 96.4 cm³/mol. The number of carbonyl (C=O) groups is 1. The first kappa shape index (κ1) is 18.2. The topological polar surface area (TPSA) is 51.7 Å². The van der Waals surface area contributed by atoms with Crippen molar-refractivity contribution in [2.75, 3.05) is 26.3 Å². The highest BCUT2D eigenvalue weighted by Gasteiger charge is 2.46. The van der Waals surface area contributed by atoms with Crippen molar-refractivity contribution in [3.05, 3.63) is 24.5 Å². The summed E-state index contributed by atoms with van der Waals surface area (Å²) in [7, 11) is 0. The zero-order valence-corrected chi connectivity index (χ0v) is 15.4. The monoisotopic (exact) mass is 346 g/mol. The number of hydrogen-bond acceptors (Lipinski definition) is 4. The van der Waals surface area contributed by atoms with E-state index in [-0.39, 0.29) is 5.60 Å². The normalized spacial score (nSPS) is 22.5. The zero-order chi connectivity index (χ0) is 17.7. The van der Waals surface area contributed by atoms with Crippen LogP contribution in [0.1, 0.15) is 46.0 Å². The summed E-state index contributed by atoms with van der Waals surface area (Å²) >= 11 is 0. The SMILES string of the molecule is CC(C)CC(=O)N1CCC2(CC1)OCCC2CCOc1cccnc1. The summed E-state index contributed by atoms with van der Waals surface area (Å²) in [6, 6.07) is 3.83. The molecule has 1 amide bonds. The first-order chi connectivity index (χ1) is 12.1. The largest absolute Gasteiger partial charge is 0.492 e. The fourth-order valence-corrected chi connectivity index (χ4v) is 4.11. The number of piperidine rings is 1. The minimum absolute atomic E-state index is 0.0487. The average Bonchev–Trinajstić information content (AvgIpc) is 2.98. The van der Waals surface area contributed by atoms with Gasteiger partial charge in [-0.1, -0.05) is 13.8 Å². The van der Waals surface area contributed by atoms with Crippen molar-refractivity contribution in [3.63, 3.8) is 0 Å². The van der Waals surface area contributed by atoms with Gasteiger partial charge in [-0.05, 0) is 49.7 Å². The number of likely N-dealkylation sites (tertiary alicyclic amines) is 1. The Balaban J connectivity index is 1.49. The second-order valence-corrected chi connectivity index (χ2v) is 7.70. The molecule has 0 saturated carbocycles. The van der Waals surface area contributed by atoms with Crippen LogP contribution in [0.2, 0.25) is 0 Å². The molecule has 5 nitrogen and oxygen atoms in total. The summed E-state index contributed by atoms with van der Waals surface area (Å²) in [6.07, 6.45) is 8.14. The Labute approximate surface area is 150 Å². The Kier molecular flexibility index (Phi) is 5.94. The molecule has 3 rings (SSSR count). The van der Waals surface area contributed by atoms with Crippen molar-refractivity contribution in [1.82, 2.24) is 9.88 Å². The lowest BCUT2D eigenvalue weighted by Crippen LogP contribution is -2.49. The maximum Gasteiger partial charge on any atom is 0.222 e. The molecule has 1 spiro atoms. The highest BCUT2D eigenvalue weighted by atomic mass is 16.5. The summed E-state index contributed by atoms with van der Waals surface area (Å²) < 4.78 is 12.0. The maximum atomic E-state index is 12.3. The fourth-order valence-electron chi connectivity index (χ4n) is 4.11. The Morgan fingerprint density at radius 2 is 2.24 bits per heavy atom. The predicted octanol–water partition coefficient (Wildman–Crippen LogP) is 3.29. The van der Waals surface area contributed by atoms with Gasteiger partial charge in [0.15, 0.2) is 0 Å². The third kappa shape index (κ3) is 4.51. The minimum atomic E-state index is -0.0487. The van der Waals surface area contributed by atoms with Crippen LogP contribution in [0.3, 0.4) is 0 Å². The van der Waals surface area contributed by atoms with Crippen molar-refractivity contribution in [1.29, 1.82) is 0 Å². The molecule has 138 valence electrons. The van der Waals surface area contributed by atoms with Gasteiger partial charge in [0.05, 0.1) is 18.4 Å². The Bertz CT molecular complexity index is 553. The van der Waals surface area contributed by atoms with Gasteiger partial charge in [0.2, 0.25) is 5.91 Å². The van der Waals surface area contributed by atoms with E-state index in [0.29, 0.717) is 30.8 Å². The molecule has 5 heteroatoms. The number of carbonyl (C=O) groups excluding carboxylic acids is 1. The zero-order valence-electron chi connectivity index (χ0n) is 15.4. The molecule has 2 saturated heterocycles. The molecular formula is C20H30N2O3. The molecule has 0 N–H and O–H groups in total. The molecule has 1 aromatic rings. The van der Waals surface area contributed by atoms with Crippen molar-refractivity contribution in [2.45, 2.75) is 51.6 Å². The third-order valence-electron chi connectivity index (χ3n) is 5.51. The molecular weight excluding hydrogens is 316 g/mol. The van der Waals surface area contributed by atoms with Crippen molar-refractivity contribution in [2.24, 2.45) is 11.8 Å². The molecule has 25 heavy (non-hydrogen) atoms. The van der Waals surface area contributed by atoms with Gasteiger partial charge in [-0.25, -0.2) is 0 Å². The lowest BCUT2D eigenvalue weighted by molar-refractivity contribution is -0.138. The minimum Gasteiger partial charge on any atom is -0.492 e. The van der Waals surface area contributed by atoms with E-state index in [1.165, 1.54) is 0 Å². The third-order valence-corrected chi connectivity index (χ3v) is 5.51. The van der Waals surface area contributed by atoms with Crippen molar-refractivity contribution in [3.8, 4) is 5.75 Å². The molecule has 1 unspecified atom stereocenters. The Hall–Kier alpha value is -1.62.